The normalized spacial score (nSPS) is 15.5. The fourth-order valence-electron chi connectivity index (χ4n) is 3.49. The molecular formula is C21H17IN-. The maximum atomic E-state index is 2.39. The Morgan fingerprint density at radius 3 is 1.78 bits per heavy atom. The van der Waals surface area contributed by atoms with E-state index < -0.39 is 0 Å². The van der Waals surface area contributed by atoms with E-state index in [0.717, 1.165) is 5.92 Å². The summed E-state index contributed by atoms with van der Waals surface area (Å²) in [7, 11) is 0. The van der Waals surface area contributed by atoms with Crippen molar-refractivity contribution in [3.8, 4) is 5.69 Å². The molecule has 1 fully saturated rings. The second kappa shape index (κ2) is 5.38. The van der Waals surface area contributed by atoms with Gasteiger partial charge in [0.05, 0.1) is 0 Å². The first kappa shape index (κ1) is 13.6. The maximum absolute atomic E-state index is 2.39. The van der Waals surface area contributed by atoms with Crippen LogP contribution in [0.4, 0.5) is 0 Å². The van der Waals surface area contributed by atoms with Crippen LogP contribution in [0.5, 0.6) is 0 Å². The van der Waals surface area contributed by atoms with Crippen molar-refractivity contribution in [3.05, 3.63) is 78.4 Å². The van der Waals surface area contributed by atoms with Crippen molar-refractivity contribution in [2.45, 2.75) is 5.92 Å². The second-order valence-electron chi connectivity index (χ2n) is 6.16. The first-order valence-corrected chi connectivity index (χ1v) is 11.1. The van der Waals surface area contributed by atoms with Crippen LogP contribution in [0.3, 0.4) is 0 Å². The van der Waals surface area contributed by atoms with E-state index in [1.165, 1.54) is 41.9 Å². The van der Waals surface area contributed by atoms with E-state index in [-0.39, 0.29) is 0 Å². The molecule has 0 spiro atoms. The molecule has 23 heavy (non-hydrogen) atoms. The summed E-state index contributed by atoms with van der Waals surface area (Å²) in [5, 5.41) is 2.66. The van der Waals surface area contributed by atoms with Gasteiger partial charge in [0, 0.05) is 0 Å². The fraction of sp³-hybridized carbons (Fsp3) is 0.143. The monoisotopic (exact) mass is 410 g/mol. The molecular weight excluding hydrogens is 393 g/mol. The van der Waals surface area contributed by atoms with Gasteiger partial charge in [-0.25, -0.2) is 0 Å². The molecule has 0 saturated carbocycles. The second-order valence-corrected chi connectivity index (χ2v) is 9.00. The fourth-order valence-corrected chi connectivity index (χ4v) is 5.76. The zero-order valence-electron chi connectivity index (χ0n) is 12.7. The molecule has 0 aliphatic carbocycles. The SMILES string of the molecule is c1ccc2c(c1)c1ccccc1n2-c1ccc(C2C[I-]C2)cc1. The Labute approximate surface area is 146 Å². The van der Waals surface area contributed by atoms with Crippen LogP contribution in [-0.4, -0.2) is 13.4 Å². The van der Waals surface area contributed by atoms with Crippen molar-refractivity contribution in [2.24, 2.45) is 0 Å². The van der Waals surface area contributed by atoms with Crippen LogP contribution in [0.2, 0.25) is 0 Å². The third-order valence-electron chi connectivity index (χ3n) is 4.79. The van der Waals surface area contributed by atoms with E-state index in [4.69, 9.17) is 0 Å². The van der Waals surface area contributed by atoms with E-state index >= 15 is 0 Å². The van der Waals surface area contributed by atoms with Gasteiger partial charge in [0.15, 0.2) is 0 Å². The number of halogens is 1. The van der Waals surface area contributed by atoms with Gasteiger partial charge < -0.3 is 0 Å². The molecule has 114 valence electrons. The predicted octanol–water partition coefficient (Wildman–Crippen LogP) is 1.97. The molecule has 0 amide bonds. The van der Waals surface area contributed by atoms with Gasteiger partial charge in [-0.2, -0.15) is 0 Å². The summed E-state index contributed by atoms with van der Waals surface area (Å²) in [5.41, 5.74) is 5.37. The summed E-state index contributed by atoms with van der Waals surface area (Å²) in [6.07, 6.45) is 0. The van der Waals surface area contributed by atoms with E-state index in [0.29, 0.717) is 21.2 Å². The Morgan fingerprint density at radius 1 is 0.696 bits per heavy atom. The van der Waals surface area contributed by atoms with Crippen molar-refractivity contribution in [1.82, 2.24) is 4.57 Å². The molecule has 0 bridgehead atoms. The van der Waals surface area contributed by atoms with E-state index in [9.17, 15) is 0 Å². The van der Waals surface area contributed by atoms with Gasteiger partial charge in [0.2, 0.25) is 0 Å². The molecule has 5 rings (SSSR count). The van der Waals surface area contributed by atoms with Crippen LogP contribution in [0, 0.1) is 0 Å². The van der Waals surface area contributed by atoms with Crippen LogP contribution >= 0.6 is 0 Å². The number of hydrogen-bond acceptors (Lipinski definition) is 0. The average molecular weight is 410 g/mol. The van der Waals surface area contributed by atoms with Crippen LogP contribution in [0.15, 0.2) is 72.8 Å². The molecule has 0 atom stereocenters. The summed E-state index contributed by atoms with van der Waals surface area (Å²) in [6.45, 7) is 0. The van der Waals surface area contributed by atoms with E-state index in [2.05, 4.69) is 77.4 Å². The molecule has 4 aromatic rings. The minimum atomic E-state index is 0.527. The zero-order valence-corrected chi connectivity index (χ0v) is 14.9. The van der Waals surface area contributed by atoms with Gasteiger partial charge in [-0.1, -0.05) is 0 Å². The zero-order chi connectivity index (χ0) is 15.2. The van der Waals surface area contributed by atoms with Gasteiger partial charge in [-0.15, -0.1) is 0 Å². The number of aromatic nitrogens is 1. The van der Waals surface area contributed by atoms with Crippen molar-refractivity contribution in [3.63, 3.8) is 0 Å². The number of hydrogen-bond donors (Lipinski definition) is 0. The molecule has 1 nitrogen and oxygen atoms in total. The topological polar surface area (TPSA) is 4.93 Å². The number of nitrogens with zero attached hydrogens (tertiary/aromatic N) is 1. The standard InChI is InChI=1S/C21H17IN/c1-3-7-20-18(5-1)19-6-2-4-8-21(19)23(20)17-11-9-15(10-12-17)16-13-22-14-16/h1-12,16H,13-14H2/q-1. The predicted molar refractivity (Wildman–Crippen MR) is 93.3 cm³/mol. The molecule has 0 unspecified atom stereocenters. The molecule has 0 radical (unpaired) electrons. The summed E-state index contributed by atoms with van der Waals surface area (Å²) in [5.74, 6) is 0.843. The molecule has 1 aliphatic rings. The van der Waals surface area contributed by atoms with Gasteiger partial charge in [0.25, 0.3) is 0 Å². The Hall–Kier alpha value is -1.81. The van der Waals surface area contributed by atoms with Gasteiger partial charge in [-0.3, -0.25) is 0 Å². The number of alkyl halides is 2. The summed E-state index contributed by atoms with van der Waals surface area (Å²) >= 11 is 0.527. The van der Waals surface area contributed by atoms with E-state index in [1.807, 2.05) is 0 Å². The van der Waals surface area contributed by atoms with Crippen molar-refractivity contribution >= 4 is 21.8 Å². The molecule has 1 aliphatic heterocycles. The first-order valence-electron chi connectivity index (χ1n) is 8.04. The van der Waals surface area contributed by atoms with E-state index in [1.54, 1.807) is 0 Å². The Morgan fingerprint density at radius 2 is 1.26 bits per heavy atom. The van der Waals surface area contributed by atoms with Crippen LogP contribution in [0.1, 0.15) is 11.5 Å². The number of benzene rings is 3. The van der Waals surface area contributed by atoms with Crippen LogP contribution < -0.4 is 21.2 Å². The Bertz CT molecular complexity index is 940. The van der Waals surface area contributed by atoms with Crippen molar-refractivity contribution in [2.75, 3.05) is 8.86 Å². The Kier molecular flexibility index (Phi) is 3.18. The van der Waals surface area contributed by atoms with Crippen molar-refractivity contribution < 1.29 is 21.2 Å². The van der Waals surface area contributed by atoms with Crippen LogP contribution in [0.25, 0.3) is 27.5 Å². The van der Waals surface area contributed by atoms with Crippen molar-refractivity contribution in [1.29, 1.82) is 0 Å². The average Bonchev–Trinajstić information content (AvgIpc) is 2.89. The number of rotatable bonds is 2. The quantitative estimate of drug-likeness (QED) is 0.352. The summed E-state index contributed by atoms with van der Waals surface area (Å²) in [4.78, 5) is 0. The third-order valence-corrected chi connectivity index (χ3v) is 8.17. The van der Waals surface area contributed by atoms with Gasteiger partial charge in [0.1, 0.15) is 0 Å². The van der Waals surface area contributed by atoms with Gasteiger partial charge in [-0.05, 0) is 0 Å². The summed E-state index contributed by atoms with van der Waals surface area (Å²) < 4.78 is 5.32. The molecule has 0 N–H and O–H groups in total. The first-order chi connectivity index (χ1) is 11.4. The number of fused-ring (bicyclic) bond motifs is 3. The molecule has 1 saturated heterocycles. The molecule has 2 heteroatoms. The van der Waals surface area contributed by atoms with Crippen LogP contribution in [-0.2, 0) is 0 Å². The molecule has 3 aromatic carbocycles. The Balaban J connectivity index is 1.74. The third kappa shape index (κ3) is 2.12. The molecule has 2 heterocycles. The number of para-hydroxylation sites is 2. The van der Waals surface area contributed by atoms with Gasteiger partial charge >= 0.3 is 146 Å². The molecule has 1 aromatic heterocycles. The minimum absolute atomic E-state index is 0.527. The summed E-state index contributed by atoms with van der Waals surface area (Å²) in [6, 6.07) is 26.7.